The fourth-order valence-electron chi connectivity index (χ4n) is 5.90. The van der Waals surface area contributed by atoms with Gasteiger partial charge in [-0.25, -0.2) is 0 Å². The lowest BCUT2D eigenvalue weighted by molar-refractivity contribution is -0.0188. The molecule has 6 rings (SSSR count). The molecule has 1 aromatic heterocycles. The van der Waals surface area contributed by atoms with E-state index in [4.69, 9.17) is 4.42 Å². The summed E-state index contributed by atoms with van der Waals surface area (Å²) in [5.74, 6) is 3.77. The zero-order valence-corrected chi connectivity index (χ0v) is 14.3. The predicted octanol–water partition coefficient (Wildman–Crippen LogP) is 4.89. The van der Waals surface area contributed by atoms with Gasteiger partial charge in [0.25, 0.3) is 0 Å². The van der Waals surface area contributed by atoms with Gasteiger partial charge in [0, 0.05) is 36.0 Å². The van der Waals surface area contributed by atoms with Crippen molar-refractivity contribution in [3.63, 3.8) is 0 Å². The van der Waals surface area contributed by atoms with Gasteiger partial charge in [-0.2, -0.15) is 0 Å². The molecule has 2 aromatic rings. The Morgan fingerprint density at radius 3 is 3.04 bits per heavy atom. The summed E-state index contributed by atoms with van der Waals surface area (Å²) < 4.78 is 6.46. The molecule has 4 bridgehead atoms. The van der Waals surface area contributed by atoms with Gasteiger partial charge in [0.15, 0.2) is 0 Å². The molecule has 5 unspecified atom stereocenters. The fourth-order valence-corrected chi connectivity index (χ4v) is 5.90. The standard InChI is InChI=1S/C21H27NO/c1-3-4-15-10-14-11-18-20(15)22(12-14)8-7-16-17-9-13(2)5-6-19(17)23-21(16)18/h5-6,9,14-15,18,20H,3-4,7-8,10-12H2,1-2H3. The highest BCUT2D eigenvalue weighted by Crippen LogP contribution is 2.52. The molecule has 3 fully saturated rings. The van der Waals surface area contributed by atoms with Crippen molar-refractivity contribution in [3.8, 4) is 0 Å². The van der Waals surface area contributed by atoms with E-state index in [0.29, 0.717) is 5.92 Å². The van der Waals surface area contributed by atoms with E-state index in [1.54, 1.807) is 0 Å². The first-order valence-corrected chi connectivity index (χ1v) is 9.50. The van der Waals surface area contributed by atoms with Crippen molar-refractivity contribution in [2.75, 3.05) is 13.1 Å². The van der Waals surface area contributed by atoms with Gasteiger partial charge >= 0.3 is 0 Å². The summed E-state index contributed by atoms with van der Waals surface area (Å²) in [6, 6.07) is 7.44. The Kier molecular flexibility index (Phi) is 3.13. The van der Waals surface area contributed by atoms with E-state index >= 15 is 0 Å². The maximum absolute atomic E-state index is 6.46. The highest BCUT2D eigenvalue weighted by Gasteiger charge is 2.49. The zero-order chi connectivity index (χ0) is 15.6. The molecule has 1 saturated carbocycles. The molecule has 2 nitrogen and oxygen atoms in total. The van der Waals surface area contributed by atoms with Crippen molar-refractivity contribution in [3.05, 3.63) is 35.1 Å². The van der Waals surface area contributed by atoms with E-state index in [2.05, 4.69) is 36.9 Å². The number of fused-ring (bicyclic) bond motifs is 4. The summed E-state index contributed by atoms with van der Waals surface area (Å²) in [6.07, 6.45) is 6.70. The average Bonchev–Trinajstić information content (AvgIpc) is 2.85. The van der Waals surface area contributed by atoms with Crippen LogP contribution in [-0.4, -0.2) is 24.0 Å². The molecule has 1 aliphatic carbocycles. The van der Waals surface area contributed by atoms with Crippen molar-refractivity contribution in [1.82, 2.24) is 4.90 Å². The quantitative estimate of drug-likeness (QED) is 0.785. The molecule has 0 amide bonds. The Labute approximate surface area is 138 Å². The average molecular weight is 309 g/mol. The Morgan fingerprint density at radius 2 is 2.17 bits per heavy atom. The molecule has 23 heavy (non-hydrogen) atoms. The number of nitrogens with zero attached hydrogens (tertiary/aromatic N) is 1. The molecule has 0 radical (unpaired) electrons. The summed E-state index contributed by atoms with van der Waals surface area (Å²) in [5.41, 5.74) is 3.99. The van der Waals surface area contributed by atoms with Crippen LogP contribution in [0.15, 0.2) is 22.6 Å². The molecule has 122 valence electrons. The first-order chi connectivity index (χ1) is 11.2. The Hall–Kier alpha value is -1.28. The van der Waals surface area contributed by atoms with Crippen LogP contribution in [0, 0.1) is 18.8 Å². The molecule has 4 aliphatic rings. The van der Waals surface area contributed by atoms with Crippen molar-refractivity contribution < 1.29 is 4.42 Å². The van der Waals surface area contributed by atoms with Gasteiger partial charge in [0.05, 0.1) is 0 Å². The number of benzene rings is 1. The third-order valence-electron chi connectivity index (χ3n) is 6.66. The van der Waals surface area contributed by atoms with Crippen LogP contribution < -0.4 is 0 Å². The van der Waals surface area contributed by atoms with Gasteiger partial charge in [0.2, 0.25) is 0 Å². The fraction of sp³-hybridized carbons (Fsp3) is 0.619. The van der Waals surface area contributed by atoms with Crippen LogP contribution in [0.5, 0.6) is 0 Å². The van der Waals surface area contributed by atoms with Gasteiger partial charge in [-0.15, -0.1) is 0 Å². The molecule has 0 N–H and O–H groups in total. The summed E-state index contributed by atoms with van der Waals surface area (Å²) in [6.45, 7) is 7.10. The number of piperidine rings is 2. The van der Waals surface area contributed by atoms with Crippen molar-refractivity contribution in [2.24, 2.45) is 11.8 Å². The first kappa shape index (κ1) is 14.1. The second-order valence-corrected chi connectivity index (χ2v) is 8.17. The Morgan fingerprint density at radius 1 is 1.26 bits per heavy atom. The Bertz CT molecular complexity index is 746. The van der Waals surface area contributed by atoms with Crippen molar-refractivity contribution in [1.29, 1.82) is 0 Å². The van der Waals surface area contributed by atoms with Crippen LogP contribution >= 0.6 is 0 Å². The van der Waals surface area contributed by atoms with Gasteiger partial charge in [-0.05, 0) is 56.6 Å². The van der Waals surface area contributed by atoms with E-state index < -0.39 is 0 Å². The van der Waals surface area contributed by atoms with Gasteiger partial charge in [-0.1, -0.05) is 25.0 Å². The molecule has 1 aromatic carbocycles. The maximum atomic E-state index is 6.46. The van der Waals surface area contributed by atoms with Crippen LogP contribution in [0.2, 0.25) is 0 Å². The summed E-state index contributed by atoms with van der Waals surface area (Å²) in [7, 11) is 0. The van der Waals surface area contributed by atoms with Crippen molar-refractivity contribution in [2.45, 2.75) is 57.9 Å². The van der Waals surface area contributed by atoms with Crippen LogP contribution in [0.1, 0.15) is 55.4 Å². The Balaban J connectivity index is 1.64. The van der Waals surface area contributed by atoms with Gasteiger partial charge < -0.3 is 4.42 Å². The van der Waals surface area contributed by atoms with E-state index in [9.17, 15) is 0 Å². The summed E-state index contributed by atoms with van der Waals surface area (Å²) in [4.78, 5) is 2.82. The highest BCUT2D eigenvalue weighted by molar-refractivity contribution is 5.83. The smallest absolute Gasteiger partial charge is 0.134 e. The minimum absolute atomic E-state index is 0.643. The predicted molar refractivity (Wildman–Crippen MR) is 93.9 cm³/mol. The number of rotatable bonds is 2. The molecule has 2 heteroatoms. The third-order valence-corrected chi connectivity index (χ3v) is 6.66. The SMILES string of the molecule is CCCC1CC2CC3c4oc5ccc(C)cc5c4CCN(C2)C13. The van der Waals surface area contributed by atoms with Gasteiger partial charge in [0.1, 0.15) is 11.3 Å². The van der Waals surface area contributed by atoms with Crippen LogP contribution in [0.25, 0.3) is 11.0 Å². The molecule has 0 spiro atoms. The van der Waals surface area contributed by atoms with Gasteiger partial charge in [-0.3, -0.25) is 4.90 Å². The molecular formula is C21H27NO. The minimum Gasteiger partial charge on any atom is -0.460 e. The number of hydrogen-bond donors (Lipinski definition) is 0. The van der Waals surface area contributed by atoms with Crippen LogP contribution in [0.3, 0.4) is 0 Å². The lowest BCUT2D eigenvalue weighted by Crippen LogP contribution is -2.56. The van der Waals surface area contributed by atoms with Crippen molar-refractivity contribution >= 4 is 11.0 Å². The van der Waals surface area contributed by atoms with E-state index in [-0.39, 0.29) is 0 Å². The summed E-state index contributed by atoms with van der Waals surface area (Å²) in [5, 5.41) is 1.39. The van der Waals surface area contributed by atoms with E-state index in [0.717, 1.165) is 23.5 Å². The lowest BCUT2D eigenvalue weighted by atomic mass is 9.65. The van der Waals surface area contributed by atoms with Crippen LogP contribution in [-0.2, 0) is 6.42 Å². The van der Waals surface area contributed by atoms with Crippen LogP contribution in [0.4, 0.5) is 0 Å². The maximum Gasteiger partial charge on any atom is 0.134 e. The third kappa shape index (κ3) is 2.04. The van der Waals surface area contributed by atoms with E-state index in [1.165, 1.54) is 67.5 Å². The molecule has 5 atom stereocenters. The normalized spacial score (nSPS) is 35.3. The zero-order valence-electron chi connectivity index (χ0n) is 14.3. The van der Waals surface area contributed by atoms with E-state index in [1.807, 2.05) is 0 Å². The molecule has 4 heterocycles. The topological polar surface area (TPSA) is 16.4 Å². The number of aryl methyl sites for hydroxylation is 1. The second kappa shape index (κ2) is 5.11. The molecule has 3 aliphatic heterocycles. The second-order valence-electron chi connectivity index (χ2n) is 8.17. The first-order valence-electron chi connectivity index (χ1n) is 9.50. The molecule has 2 saturated heterocycles. The monoisotopic (exact) mass is 309 g/mol. The highest BCUT2D eigenvalue weighted by atomic mass is 16.3. The molecular weight excluding hydrogens is 282 g/mol. The minimum atomic E-state index is 0.643. The number of hydrogen-bond acceptors (Lipinski definition) is 2. The number of furan rings is 1. The largest absolute Gasteiger partial charge is 0.460 e. The lowest BCUT2D eigenvalue weighted by Gasteiger charge is -2.53. The summed E-state index contributed by atoms with van der Waals surface area (Å²) >= 11 is 0.